The van der Waals surface area contributed by atoms with Gasteiger partial charge in [0.15, 0.2) is 5.96 Å². The van der Waals surface area contributed by atoms with Crippen LogP contribution in [0.2, 0.25) is 0 Å². The van der Waals surface area contributed by atoms with Crippen LogP contribution in [0.5, 0.6) is 5.75 Å². The molecule has 0 bridgehead atoms. The third kappa shape index (κ3) is 7.79. The normalized spacial score (nSPS) is 15.7. The molecule has 0 atom stereocenters. The van der Waals surface area contributed by atoms with Gasteiger partial charge in [-0.2, -0.15) is 13.2 Å². The molecule has 0 amide bonds. The van der Waals surface area contributed by atoms with Gasteiger partial charge in [-0.25, -0.2) is 0 Å². The molecule has 31 heavy (non-hydrogen) atoms. The quantitative estimate of drug-likeness (QED) is 0.518. The van der Waals surface area contributed by atoms with Crippen molar-refractivity contribution < 1.29 is 22.6 Å². The van der Waals surface area contributed by atoms with Gasteiger partial charge in [0.1, 0.15) is 18.5 Å². The minimum Gasteiger partial charge on any atom is -0.490 e. The van der Waals surface area contributed by atoms with E-state index in [4.69, 9.17) is 9.47 Å². The number of nitrogens with zero attached hydrogens (tertiary/aromatic N) is 2. The maximum absolute atomic E-state index is 12.2. The molecule has 0 aliphatic carbocycles. The highest BCUT2D eigenvalue weighted by Crippen LogP contribution is 2.19. The van der Waals surface area contributed by atoms with Crippen LogP contribution in [0.15, 0.2) is 59.6 Å². The molecule has 3 rings (SSSR count). The number of likely N-dealkylation sites (tertiary alicyclic amines) is 1. The summed E-state index contributed by atoms with van der Waals surface area (Å²) in [6.45, 7) is 0.883. The molecule has 1 N–H and O–H groups in total. The van der Waals surface area contributed by atoms with Gasteiger partial charge in [0.25, 0.3) is 0 Å². The van der Waals surface area contributed by atoms with Crippen molar-refractivity contribution in [1.82, 2.24) is 10.2 Å². The van der Waals surface area contributed by atoms with Crippen molar-refractivity contribution in [2.45, 2.75) is 38.3 Å². The highest BCUT2D eigenvalue weighted by Gasteiger charge is 2.27. The van der Waals surface area contributed by atoms with Gasteiger partial charge < -0.3 is 19.7 Å². The lowest BCUT2D eigenvalue weighted by atomic mass is 10.1. The van der Waals surface area contributed by atoms with E-state index in [2.05, 4.69) is 15.2 Å². The van der Waals surface area contributed by atoms with Gasteiger partial charge in [-0.1, -0.05) is 42.5 Å². The molecule has 8 heteroatoms. The van der Waals surface area contributed by atoms with Crippen LogP contribution in [-0.4, -0.2) is 49.9 Å². The summed E-state index contributed by atoms with van der Waals surface area (Å²) in [5.74, 6) is 1.69. The number of halogens is 3. The zero-order valence-electron chi connectivity index (χ0n) is 17.6. The first-order chi connectivity index (χ1) is 14.9. The second kappa shape index (κ2) is 11.0. The smallest absolute Gasteiger partial charge is 0.411 e. The molecule has 168 valence electrons. The van der Waals surface area contributed by atoms with Crippen molar-refractivity contribution in [1.29, 1.82) is 0 Å². The fraction of sp³-hybridized carbons (Fsp3) is 0.435. The molecule has 1 heterocycles. The molecule has 5 nitrogen and oxygen atoms in total. The molecule has 0 aromatic heterocycles. The van der Waals surface area contributed by atoms with E-state index in [0.717, 1.165) is 43.2 Å². The summed E-state index contributed by atoms with van der Waals surface area (Å²) in [5.41, 5.74) is 1.66. The molecular weight excluding hydrogens is 407 g/mol. The van der Waals surface area contributed by atoms with E-state index in [9.17, 15) is 13.2 Å². The molecule has 2 aromatic carbocycles. The van der Waals surface area contributed by atoms with Crippen LogP contribution in [0.25, 0.3) is 0 Å². The minimum absolute atomic E-state index is 0.0724. The SMILES string of the molecule is CN=C(NCc1cccc(COCC(F)(F)F)c1)N1CCC(Oc2ccccc2)CC1. The van der Waals surface area contributed by atoms with E-state index in [1.807, 2.05) is 48.5 Å². The number of benzene rings is 2. The largest absolute Gasteiger partial charge is 0.490 e. The summed E-state index contributed by atoms with van der Waals surface area (Å²) in [5, 5.41) is 3.34. The molecule has 2 aromatic rings. The Morgan fingerprint density at radius 2 is 1.77 bits per heavy atom. The molecule has 1 aliphatic heterocycles. The molecule has 0 unspecified atom stereocenters. The Kier molecular flexibility index (Phi) is 8.17. The van der Waals surface area contributed by atoms with E-state index >= 15 is 0 Å². The van der Waals surface area contributed by atoms with Crippen molar-refractivity contribution in [3.63, 3.8) is 0 Å². The molecule has 1 saturated heterocycles. The number of rotatable bonds is 7. The summed E-state index contributed by atoms with van der Waals surface area (Å²) in [7, 11) is 1.75. The van der Waals surface area contributed by atoms with E-state index in [1.54, 1.807) is 13.1 Å². The number of hydrogen-bond donors (Lipinski definition) is 1. The number of alkyl halides is 3. The van der Waals surface area contributed by atoms with Gasteiger partial charge in [0.2, 0.25) is 0 Å². The maximum atomic E-state index is 12.2. The maximum Gasteiger partial charge on any atom is 0.411 e. The Labute approximate surface area is 180 Å². The first-order valence-electron chi connectivity index (χ1n) is 10.3. The number of para-hydroxylation sites is 1. The standard InChI is InChI=1S/C23H28F3N3O2/c1-27-22(29-12-10-21(11-13-29)31-20-8-3-2-4-9-20)28-15-18-6-5-7-19(14-18)16-30-17-23(24,25)26/h2-9,14,21H,10-13,15-17H2,1H3,(H,27,28). The highest BCUT2D eigenvalue weighted by atomic mass is 19.4. The zero-order chi connectivity index (χ0) is 22.1. The Hall–Kier alpha value is -2.74. The third-order valence-corrected chi connectivity index (χ3v) is 4.98. The topological polar surface area (TPSA) is 46.1 Å². The molecule has 0 radical (unpaired) electrons. The number of guanidine groups is 1. The summed E-state index contributed by atoms with van der Waals surface area (Å²) in [6, 6.07) is 17.2. The molecule has 0 saturated carbocycles. The highest BCUT2D eigenvalue weighted by molar-refractivity contribution is 5.80. The van der Waals surface area contributed by atoms with Crippen molar-refractivity contribution in [3.05, 3.63) is 65.7 Å². The zero-order valence-corrected chi connectivity index (χ0v) is 17.6. The van der Waals surface area contributed by atoms with Gasteiger partial charge in [0, 0.05) is 39.5 Å². The number of aliphatic imine (C=N–C) groups is 1. The van der Waals surface area contributed by atoms with Crippen molar-refractivity contribution in [3.8, 4) is 5.75 Å². The Morgan fingerprint density at radius 3 is 2.45 bits per heavy atom. The Bertz CT molecular complexity index is 835. The lowest BCUT2D eigenvalue weighted by molar-refractivity contribution is -0.176. The van der Waals surface area contributed by atoms with Crippen molar-refractivity contribution >= 4 is 5.96 Å². The lowest BCUT2D eigenvalue weighted by Crippen LogP contribution is -2.47. The van der Waals surface area contributed by atoms with Gasteiger partial charge in [0.05, 0.1) is 6.61 Å². The van der Waals surface area contributed by atoms with E-state index in [1.165, 1.54) is 0 Å². The van der Waals surface area contributed by atoms with Crippen LogP contribution < -0.4 is 10.1 Å². The predicted octanol–water partition coefficient (Wildman–Crippen LogP) is 4.38. The second-order valence-electron chi connectivity index (χ2n) is 7.45. The number of nitrogens with one attached hydrogen (secondary N) is 1. The fourth-order valence-corrected chi connectivity index (χ4v) is 3.50. The fourth-order valence-electron chi connectivity index (χ4n) is 3.50. The lowest BCUT2D eigenvalue weighted by Gasteiger charge is -2.34. The average molecular weight is 435 g/mol. The van der Waals surface area contributed by atoms with Crippen LogP contribution in [0, 0.1) is 0 Å². The summed E-state index contributed by atoms with van der Waals surface area (Å²) < 4.78 is 47.5. The van der Waals surface area contributed by atoms with Gasteiger partial charge in [-0.3, -0.25) is 4.99 Å². The second-order valence-corrected chi connectivity index (χ2v) is 7.45. The third-order valence-electron chi connectivity index (χ3n) is 4.98. The molecule has 0 spiro atoms. The van der Waals surface area contributed by atoms with Gasteiger partial charge in [-0.15, -0.1) is 0 Å². The van der Waals surface area contributed by atoms with E-state index in [-0.39, 0.29) is 12.7 Å². The van der Waals surface area contributed by atoms with Crippen LogP contribution in [0.1, 0.15) is 24.0 Å². The van der Waals surface area contributed by atoms with Crippen LogP contribution in [0.3, 0.4) is 0 Å². The number of ether oxygens (including phenoxy) is 2. The average Bonchev–Trinajstić information content (AvgIpc) is 2.75. The first kappa shape index (κ1) is 22.9. The van der Waals surface area contributed by atoms with Crippen molar-refractivity contribution in [2.75, 3.05) is 26.7 Å². The van der Waals surface area contributed by atoms with E-state index < -0.39 is 12.8 Å². The van der Waals surface area contributed by atoms with Crippen LogP contribution >= 0.6 is 0 Å². The van der Waals surface area contributed by atoms with Gasteiger partial charge >= 0.3 is 6.18 Å². The van der Waals surface area contributed by atoms with Crippen LogP contribution in [0.4, 0.5) is 13.2 Å². The number of hydrogen-bond acceptors (Lipinski definition) is 3. The summed E-state index contributed by atoms with van der Waals surface area (Å²) in [4.78, 5) is 6.57. The van der Waals surface area contributed by atoms with E-state index in [0.29, 0.717) is 12.1 Å². The van der Waals surface area contributed by atoms with Crippen LogP contribution in [-0.2, 0) is 17.9 Å². The Morgan fingerprint density at radius 1 is 1.06 bits per heavy atom. The minimum atomic E-state index is -4.31. The first-order valence-corrected chi connectivity index (χ1v) is 10.3. The molecular formula is C23H28F3N3O2. The molecule has 1 aliphatic rings. The Balaban J connectivity index is 1.45. The van der Waals surface area contributed by atoms with Gasteiger partial charge in [-0.05, 0) is 23.3 Å². The summed E-state index contributed by atoms with van der Waals surface area (Å²) >= 11 is 0. The molecule has 1 fully saturated rings. The number of piperidine rings is 1. The monoisotopic (exact) mass is 435 g/mol. The summed E-state index contributed by atoms with van der Waals surface area (Å²) in [6.07, 6.45) is -2.32. The predicted molar refractivity (Wildman–Crippen MR) is 114 cm³/mol. The van der Waals surface area contributed by atoms with Crippen molar-refractivity contribution in [2.24, 2.45) is 4.99 Å².